The van der Waals surface area contributed by atoms with Gasteiger partial charge in [0.05, 0.1) is 18.7 Å². The highest BCUT2D eigenvalue weighted by molar-refractivity contribution is 6.17. The fourth-order valence-corrected chi connectivity index (χ4v) is 2.43. The predicted octanol–water partition coefficient (Wildman–Crippen LogP) is 3.38. The van der Waals surface area contributed by atoms with Gasteiger partial charge in [-0.15, -0.1) is 11.6 Å². The molecule has 0 unspecified atom stereocenters. The number of hydrogen-bond acceptors (Lipinski definition) is 3. The van der Waals surface area contributed by atoms with Crippen LogP contribution in [0.25, 0.3) is 11.3 Å². The Bertz CT molecular complexity index is 695. The largest absolute Gasteiger partial charge is 0.496 e. The van der Waals surface area contributed by atoms with Crippen LogP contribution in [0, 0.1) is 6.92 Å². The Balaban J connectivity index is 2.55. The Morgan fingerprint density at radius 1 is 1.33 bits per heavy atom. The van der Waals surface area contributed by atoms with Gasteiger partial charge in [0.25, 0.3) is 5.56 Å². The van der Waals surface area contributed by atoms with Gasteiger partial charge < -0.3 is 4.74 Å². The second kappa shape index (κ2) is 6.76. The maximum atomic E-state index is 12.1. The van der Waals surface area contributed by atoms with Crippen molar-refractivity contribution in [2.24, 2.45) is 0 Å². The fraction of sp³-hybridized carbons (Fsp3) is 0.375. The lowest BCUT2D eigenvalue weighted by Crippen LogP contribution is -2.26. The minimum absolute atomic E-state index is 0.110. The molecule has 2 rings (SSSR count). The number of benzene rings is 1. The van der Waals surface area contributed by atoms with Crippen LogP contribution in [0.1, 0.15) is 24.5 Å². The second-order valence-corrected chi connectivity index (χ2v) is 5.17. The van der Waals surface area contributed by atoms with Gasteiger partial charge >= 0.3 is 0 Å². The Morgan fingerprint density at radius 3 is 2.67 bits per heavy atom. The van der Waals surface area contributed by atoms with E-state index in [0.29, 0.717) is 12.1 Å². The zero-order valence-electron chi connectivity index (χ0n) is 12.5. The smallest absolute Gasteiger partial charge is 0.271 e. The third kappa shape index (κ3) is 3.27. The van der Waals surface area contributed by atoms with Crippen LogP contribution in [0.3, 0.4) is 0 Å². The maximum absolute atomic E-state index is 12.1. The van der Waals surface area contributed by atoms with E-state index in [0.717, 1.165) is 29.0 Å². The van der Waals surface area contributed by atoms with E-state index in [4.69, 9.17) is 16.3 Å². The van der Waals surface area contributed by atoms with Crippen LogP contribution >= 0.6 is 11.6 Å². The molecule has 0 radical (unpaired) electrons. The minimum atomic E-state index is -0.110. The van der Waals surface area contributed by atoms with Gasteiger partial charge in [0, 0.05) is 17.7 Å². The lowest BCUT2D eigenvalue weighted by molar-refractivity contribution is 0.412. The fourth-order valence-electron chi connectivity index (χ4n) is 2.23. The van der Waals surface area contributed by atoms with Crippen LogP contribution in [0.4, 0.5) is 0 Å². The van der Waals surface area contributed by atoms with Crippen molar-refractivity contribution in [2.45, 2.75) is 32.7 Å². The summed E-state index contributed by atoms with van der Waals surface area (Å²) in [7, 11) is 1.65. The third-order valence-electron chi connectivity index (χ3n) is 3.32. The van der Waals surface area contributed by atoms with Crippen molar-refractivity contribution in [1.29, 1.82) is 0 Å². The Morgan fingerprint density at radius 2 is 2.10 bits per heavy atom. The number of hydrogen-bond donors (Lipinski definition) is 0. The summed E-state index contributed by atoms with van der Waals surface area (Å²) >= 11 is 5.88. The van der Waals surface area contributed by atoms with Gasteiger partial charge in [0.2, 0.25) is 0 Å². The molecule has 0 amide bonds. The van der Waals surface area contributed by atoms with Crippen molar-refractivity contribution >= 4 is 11.6 Å². The number of halogens is 1. The summed E-state index contributed by atoms with van der Waals surface area (Å²) in [5.74, 6) is 1.02. The highest BCUT2D eigenvalue weighted by Gasteiger charge is 2.10. The van der Waals surface area contributed by atoms with E-state index >= 15 is 0 Å². The molecule has 0 saturated heterocycles. The molecule has 0 saturated carbocycles. The molecule has 1 heterocycles. The Kier molecular flexibility index (Phi) is 5.02. The first-order chi connectivity index (χ1) is 10.1. The van der Waals surface area contributed by atoms with Gasteiger partial charge in [-0.25, -0.2) is 4.68 Å². The molecule has 0 aliphatic carbocycles. The standard InChI is InChI=1S/C16H19ClN2O2/c1-4-7-19-16(20)13(10-17)9-14(18-19)12-5-6-15(21-3)11(2)8-12/h5-6,8-9H,4,7,10H2,1-3H3. The van der Waals surface area contributed by atoms with E-state index in [1.54, 1.807) is 13.2 Å². The molecule has 0 bridgehead atoms. The summed E-state index contributed by atoms with van der Waals surface area (Å²) in [5, 5.41) is 4.44. The van der Waals surface area contributed by atoms with Gasteiger partial charge in [0.15, 0.2) is 0 Å². The highest BCUT2D eigenvalue weighted by atomic mass is 35.5. The normalized spacial score (nSPS) is 10.7. The second-order valence-electron chi connectivity index (χ2n) is 4.90. The molecule has 0 atom stereocenters. The third-order valence-corrected chi connectivity index (χ3v) is 3.61. The van der Waals surface area contributed by atoms with Crippen molar-refractivity contribution in [3.05, 3.63) is 45.7 Å². The van der Waals surface area contributed by atoms with Gasteiger partial charge in [0.1, 0.15) is 5.75 Å². The number of ether oxygens (including phenoxy) is 1. The average Bonchev–Trinajstić information content (AvgIpc) is 2.49. The topological polar surface area (TPSA) is 44.1 Å². The van der Waals surface area contributed by atoms with Crippen LogP contribution in [-0.4, -0.2) is 16.9 Å². The monoisotopic (exact) mass is 306 g/mol. The molecule has 0 N–H and O–H groups in total. The molecule has 0 aliphatic heterocycles. The Labute approximate surface area is 129 Å². The molecule has 1 aromatic heterocycles. The van der Waals surface area contributed by atoms with Gasteiger partial charge in [-0.05, 0) is 43.2 Å². The quantitative estimate of drug-likeness (QED) is 0.795. The number of rotatable bonds is 5. The van der Waals surface area contributed by atoms with Crippen LogP contribution in [0.15, 0.2) is 29.1 Å². The number of methoxy groups -OCH3 is 1. The first-order valence-corrected chi connectivity index (χ1v) is 7.46. The summed E-state index contributed by atoms with van der Waals surface area (Å²) in [6.07, 6.45) is 0.847. The first kappa shape index (κ1) is 15.6. The number of aryl methyl sites for hydroxylation is 2. The zero-order chi connectivity index (χ0) is 15.4. The minimum Gasteiger partial charge on any atom is -0.496 e. The lowest BCUT2D eigenvalue weighted by Gasteiger charge is -2.10. The highest BCUT2D eigenvalue weighted by Crippen LogP contribution is 2.24. The van der Waals surface area contributed by atoms with Crippen LogP contribution in [0.2, 0.25) is 0 Å². The van der Waals surface area contributed by atoms with Crippen molar-refractivity contribution in [3.8, 4) is 17.0 Å². The molecular weight excluding hydrogens is 288 g/mol. The SMILES string of the molecule is CCCn1nc(-c2ccc(OC)c(C)c2)cc(CCl)c1=O. The molecule has 112 valence electrons. The van der Waals surface area contributed by atoms with E-state index in [2.05, 4.69) is 5.10 Å². The van der Waals surface area contributed by atoms with E-state index in [1.807, 2.05) is 32.0 Å². The summed E-state index contributed by atoms with van der Waals surface area (Å²) < 4.78 is 6.76. The molecule has 0 fully saturated rings. The van der Waals surface area contributed by atoms with Crippen LogP contribution in [-0.2, 0) is 12.4 Å². The number of aromatic nitrogens is 2. The molecule has 4 nitrogen and oxygen atoms in total. The van der Waals surface area contributed by atoms with Crippen LogP contribution < -0.4 is 10.3 Å². The molecule has 1 aromatic carbocycles. The average molecular weight is 307 g/mol. The zero-order valence-corrected chi connectivity index (χ0v) is 13.3. The van der Waals surface area contributed by atoms with E-state index in [1.165, 1.54) is 4.68 Å². The van der Waals surface area contributed by atoms with Gasteiger partial charge in [-0.1, -0.05) is 6.92 Å². The summed E-state index contributed by atoms with van der Waals surface area (Å²) in [6.45, 7) is 4.58. The van der Waals surface area contributed by atoms with Gasteiger partial charge in [-0.2, -0.15) is 5.10 Å². The van der Waals surface area contributed by atoms with Crippen molar-refractivity contribution in [3.63, 3.8) is 0 Å². The molecule has 21 heavy (non-hydrogen) atoms. The van der Waals surface area contributed by atoms with Gasteiger partial charge in [-0.3, -0.25) is 4.79 Å². The number of alkyl halides is 1. The van der Waals surface area contributed by atoms with E-state index in [9.17, 15) is 4.79 Å². The molecule has 2 aromatic rings. The summed E-state index contributed by atoms with van der Waals surface area (Å²) in [5.41, 5.74) is 3.19. The maximum Gasteiger partial charge on any atom is 0.271 e. The van der Waals surface area contributed by atoms with Crippen molar-refractivity contribution in [2.75, 3.05) is 7.11 Å². The molecule has 0 aliphatic rings. The van der Waals surface area contributed by atoms with E-state index in [-0.39, 0.29) is 11.4 Å². The first-order valence-electron chi connectivity index (χ1n) is 6.92. The van der Waals surface area contributed by atoms with Crippen LogP contribution in [0.5, 0.6) is 5.75 Å². The number of nitrogens with zero attached hydrogens (tertiary/aromatic N) is 2. The van der Waals surface area contributed by atoms with E-state index < -0.39 is 0 Å². The summed E-state index contributed by atoms with van der Waals surface area (Å²) in [6, 6.07) is 7.61. The lowest BCUT2D eigenvalue weighted by atomic mass is 10.1. The van der Waals surface area contributed by atoms with Crippen molar-refractivity contribution in [1.82, 2.24) is 9.78 Å². The molecule has 5 heteroatoms. The molecule has 0 spiro atoms. The Hall–Kier alpha value is -1.81. The predicted molar refractivity (Wildman–Crippen MR) is 85.1 cm³/mol. The van der Waals surface area contributed by atoms with Crippen molar-refractivity contribution < 1.29 is 4.74 Å². The summed E-state index contributed by atoms with van der Waals surface area (Å²) in [4.78, 5) is 12.1. The molecular formula is C16H19ClN2O2.